The molecule has 2 aliphatic rings. The molecule has 2 amide bonds. The summed E-state index contributed by atoms with van der Waals surface area (Å²) in [5, 5.41) is 0.735. The number of hydrogen-bond acceptors (Lipinski definition) is 7. The van der Waals surface area contributed by atoms with Gasteiger partial charge in [-0.3, -0.25) is 9.59 Å². The number of sulfone groups is 1. The van der Waals surface area contributed by atoms with Gasteiger partial charge in [-0.2, -0.15) is 0 Å². The number of hydrogen-bond donors (Lipinski definition) is 0. The minimum Gasteiger partial charge on any atom is -0.351 e. The lowest BCUT2D eigenvalue weighted by Crippen LogP contribution is -2.37. The van der Waals surface area contributed by atoms with Crippen LogP contribution in [0.5, 0.6) is 0 Å². The molecule has 0 saturated carbocycles. The number of anilines is 2. The summed E-state index contributed by atoms with van der Waals surface area (Å²) in [6.45, 7) is 3.76. The fraction of sp³-hybridized carbons (Fsp3) is 0.421. The zero-order chi connectivity index (χ0) is 20.9. The van der Waals surface area contributed by atoms with Crippen LogP contribution in [-0.4, -0.2) is 63.1 Å². The average Bonchev–Trinajstić information content (AvgIpc) is 3.01. The van der Waals surface area contributed by atoms with Crippen molar-refractivity contribution in [2.24, 2.45) is 0 Å². The topological polar surface area (TPSA) is 90.9 Å². The van der Waals surface area contributed by atoms with Gasteiger partial charge in [0.15, 0.2) is 9.84 Å². The third-order valence-corrected chi connectivity index (χ3v) is 7.64. The molecule has 0 saturated heterocycles. The number of thiophene rings is 1. The number of nitrogens with zero attached hydrogens (tertiary/aromatic N) is 4. The number of likely N-dealkylation sites (N-methyl/N-ethyl adjacent to an activating group) is 2. The van der Waals surface area contributed by atoms with Crippen LogP contribution in [0.3, 0.4) is 0 Å². The second kappa shape index (κ2) is 7.10. The predicted octanol–water partition coefficient (Wildman–Crippen LogP) is 1.55. The molecule has 2 aromatic rings. The van der Waals surface area contributed by atoms with Crippen molar-refractivity contribution in [3.63, 3.8) is 0 Å². The summed E-state index contributed by atoms with van der Waals surface area (Å²) < 4.78 is 23.3. The summed E-state index contributed by atoms with van der Waals surface area (Å²) in [7, 11) is -1.63. The Morgan fingerprint density at radius 1 is 1.21 bits per heavy atom. The van der Waals surface area contributed by atoms with Crippen LogP contribution in [0.2, 0.25) is 0 Å². The maximum Gasteiger partial charge on any atom is 0.257 e. The van der Waals surface area contributed by atoms with Crippen LogP contribution in [0, 0.1) is 0 Å². The first-order valence-electron chi connectivity index (χ1n) is 9.32. The van der Waals surface area contributed by atoms with E-state index < -0.39 is 9.84 Å². The van der Waals surface area contributed by atoms with Crippen LogP contribution in [0.25, 0.3) is 0 Å². The average molecular weight is 435 g/mol. The molecule has 0 radical (unpaired) electrons. The Kier molecular flexibility index (Phi) is 4.86. The standard InChI is InChI=1S/C19H22N4O4S2/c1-4-23-16(24)11-21(2)18(25)17-13-7-8-22(10-14(13)28-19(17)23)15-6-5-12(9-20-15)29(3,26)27/h5-6,9H,4,7-8,10-11H2,1-3H3. The molecule has 0 bridgehead atoms. The van der Waals surface area contributed by atoms with E-state index in [1.54, 1.807) is 24.1 Å². The van der Waals surface area contributed by atoms with Crippen LogP contribution in [0.15, 0.2) is 23.2 Å². The van der Waals surface area contributed by atoms with Gasteiger partial charge in [-0.1, -0.05) is 0 Å². The van der Waals surface area contributed by atoms with Crippen LogP contribution < -0.4 is 9.80 Å². The molecule has 4 heterocycles. The Hall–Kier alpha value is -2.46. The molecule has 10 heteroatoms. The van der Waals surface area contributed by atoms with Crippen molar-refractivity contribution in [1.29, 1.82) is 0 Å². The minimum absolute atomic E-state index is 0.0735. The van der Waals surface area contributed by atoms with E-state index in [1.165, 1.54) is 22.4 Å². The highest BCUT2D eigenvalue weighted by Gasteiger charge is 2.36. The summed E-state index contributed by atoms with van der Waals surface area (Å²) in [5.41, 5.74) is 1.67. The van der Waals surface area contributed by atoms with Crippen molar-refractivity contribution in [2.45, 2.75) is 24.8 Å². The second-order valence-electron chi connectivity index (χ2n) is 7.28. The normalized spacial score (nSPS) is 17.3. The van der Waals surface area contributed by atoms with Gasteiger partial charge in [0.1, 0.15) is 17.4 Å². The molecule has 2 aliphatic heterocycles. The minimum atomic E-state index is -3.29. The molecule has 0 aromatic carbocycles. The lowest BCUT2D eigenvalue weighted by molar-refractivity contribution is -0.118. The van der Waals surface area contributed by atoms with E-state index >= 15 is 0 Å². The smallest absolute Gasteiger partial charge is 0.257 e. The van der Waals surface area contributed by atoms with Crippen molar-refractivity contribution in [2.75, 3.05) is 42.7 Å². The van der Waals surface area contributed by atoms with Gasteiger partial charge < -0.3 is 14.7 Å². The first-order valence-corrected chi connectivity index (χ1v) is 12.0. The molecule has 8 nitrogen and oxygen atoms in total. The molecule has 29 heavy (non-hydrogen) atoms. The number of amides is 2. The maximum absolute atomic E-state index is 12.9. The fourth-order valence-electron chi connectivity index (χ4n) is 3.76. The van der Waals surface area contributed by atoms with Crippen molar-refractivity contribution >= 4 is 43.8 Å². The Balaban J connectivity index is 1.69. The Labute approximate surface area is 173 Å². The summed E-state index contributed by atoms with van der Waals surface area (Å²) in [5.74, 6) is 0.514. The number of carbonyl (C=O) groups is 2. The number of fused-ring (bicyclic) bond motifs is 3. The Bertz CT molecular complexity index is 1090. The third kappa shape index (κ3) is 3.40. The lowest BCUT2D eigenvalue weighted by atomic mass is 10.0. The van der Waals surface area contributed by atoms with Gasteiger partial charge in [0.2, 0.25) is 5.91 Å². The molecule has 0 spiro atoms. The molecule has 4 rings (SSSR count). The summed E-state index contributed by atoms with van der Waals surface area (Å²) in [6.07, 6.45) is 3.20. The molecule has 0 fully saturated rings. The van der Waals surface area contributed by atoms with E-state index in [4.69, 9.17) is 0 Å². The second-order valence-corrected chi connectivity index (χ2v) is 10.4. The van der Waals surface area contributed by atoms with E-state index in [1.807, 2.05) is 6.92 Å². The van der Waals surface area contributed by atoms with Gasteiger partial charge >= 0.3 is 0 Å². The molecule has 0 aliphatic carbocycles. The third-order valence-electron chi connectivity index (χ3n) is 5.31. The largest absolute Gasteiger partial charge is 0.351 e. The lowest BCUT2D eigenvalue weighted by Gasteiger charge is -2.28. The zero-order valence-corrected chi connectivity index (χ0v) is 18.1. The molecule has 154 valence electrons. The molecule has 0 atom stereocenters. The number of rotatable bonds is 3. The van der Waals surface area contributed by atoms with Crippen molar-refractivity contribution in [3.8, 4) is 0 Å². The van der Waals surface area contributed by atoms with E-state index in [0.29, 0.717) is 37.4 Å². The quantitative estimate of drug-likeness (QED) is 0.728. The monoisotopic (exact) mass is 434 g/mol. The first-order chi connectivity index (χ1) is 13.7. The van der Waals surface area contributed by atoms with E-state index in [-0.39, 0.29) is 23.3 Å². The highest BCUT2D eigenvalue weighted by molar-refractivity contribution is 7.90. The van der Waals surface area contributed by atoms with Gasteiger partial charge in [-0.05, 0) is 31.0 Å². The summed E-state index contributed by atoms with van der Waals surface area (Å²) >= 11 is 1.49. The van der Waals surface area contributed by atoms with E-state index in [2.05, 4.69) is 9.88 Å². The Morgan fingerprint density at radius 2 is 1.97 bits per heavy atom. The van der Waals surface area contributed by atoms with Crippen molar-refractivity contribution in [1.82, 2.24) is 9.88 Å². The van der Waals surface area contributed by atoms with E-state index in [0.717, 1.165) is 21.7 Å². The van der Waals surface area contributed by atoms with Gasteiger partial charge in [-0.25, -0.2) is 13.4 Å². The predicted molar refractivity (Wildman–Crippen MR) is 111 cm³/mol. The van der Waals surface area contributed by atoms with Crippen molar-refractivity contribution < 1.29 is 18.0 Å². The fourth-order valence-corrected chi connectivity index (χ4v) is 5.75. The van der Waals surface area contributed by atoms with Crippen LogP contribution in [0.4, 0.5) is 10.8 Å². The SMILES string of the molecule is CCN1C(=O)CN(C)C(=O)c2c1sc1c2CCN(c2ccc(S(C)(=O)=O)cn2)C1. The first kappa shape index (κ1) is 19.8. The van der Waals surface area contributed by atoms with Crippen LogP contribution in [-0.2, 0) is 27.6 Å². The molecule has 2 aromatic heterocycles. The van der Waals surface area contributed by atoms with Crippen LogP contribution >= 0.6 is 11.3 Å². The van der Waals surface area contributed by atoms with Crippen molar-refractivity contribution in [3.05, 3.63) is 34.3 Å². The van der Waals surface area contributed by atoms with Gasteiger partial charge in [0.05, 0.1) is 17.0 Å². The molecular weight excluding hydrogens is 412 g/mol. The number of aromatic nitrogens is 1. The van der Waals surface area contributed by atoms with E-state index in [9.17, 15) is 18.0 Å². The number of pyridine rings is 1. The van der Waals surface area contributed by atoms with Crippen LogP contribution in [0.1, 0.15) is 27.7 Å². The van der Waals surface area contributed by atoms with Gasteiger partial charge in [-0.15, -0.1) is 11.3 Å². The molecule has 0 unspecified atom stereocenters. The molecular formula is C19H22N4O4S2. The zero-order valence-electron chi connectivity index (χ0n) is 16.5. The molecule has 0 N–H and O–H groups in total. The van der Waals surface area contributed by atoms with Gasteiger partial charge in [0.25, 0.3) is 5.91 Å². The van der Waals surface area contributed by atoms with Gasteiger partial charge in [0, 0.05) is 37.5 Å². The highest BCUT2D eigenvalue weighted by atomic mass is 32.2. The number of carbonyl (C=O) groups excluding carboxylic acids is 2. The Morgan fingerprint density at radius 3 is 2.59 bits per heavy atom. The highest BCUT2D eigenvalue weighted by Crippen LogP contribution is 2.41. The summed E-state index contributed by atoms with van der Waals surface area (Å²) in [6, 6.07) is 3.27. The maximum atomic E-state index is 12.9. The summed E-state index contributed by atoms with van der Waals surface area (Å²) in [4.78, 5) is 36.3.